The highest BCUT2D eigenvalue weighted by Gasteiger charge is 2.33. The fourth-order valence-electron chi connectivity index (χ4n) is 2.76. The first-order valence-electron chi connectivity index (χ1n) is 7.39. The highest BCUT2D eigenvalue weighted by atomic mass is 16.4. The minimum absolute atomic E-state index is 0.165. The molecule has 1 aliphatic heterocycles. The summed E-state index contributed by atoms with van der Waals surface area (Å²) in [4.78, 5) is 34.5. The molecule has 1 aliphatic rings. The van der Waals surface area contributed by atoms with E-state index in [4.69, 9.17) is 0 Å². The van der Waals surface area contributed by atoms with Crippen LogP contribution in [0.5, 0.6) is 0 Å². The number of carboxylic acid groups (broad SMARTS) is 1. The third-order valence-electron chi connectivity index (χ3n) is 4.12. The Morgan fingerprint density at radius 2 is 2.00 bits per heavy atom. The van der Waals surface area contributed by atoms with Gasteiger partial charge in [0.25, 0.3) is 5.91 Å². The third-order valence-corrected chi connectivity index (χ3v) is 4.12. The number of rotatable bonds is 3. The van der Waals surface area contributed by atoms with Crippen molar-refractivity contribution in [3.63, 3.8) is 0 Å². The van der Waals surface area contributed by atoms with E-state index >= 15 is 0 Å². The van der Waals surface area contributed by atoms with E-state index in [2.05, 4.69) is 9.97 Å². The molecule has 1 amide bonds. The number of piperazine rings is 1. The van der Waals surface area contributed by atoms with Gasteiger partial charge in [-0.25, -0.2) is 4.98 Å². The van der Waals surface area contributed by atoms with Gasteiger partial charge in [-0.1, -0.05) is 30.3 Å². The van der Waals surface area contributed by atoms with Gasteiger partial charge in [0.2, 0.25) is 0 Å². The zero-order chi connectivity index (χ0) is 16.4. The van der Waals surface area contributed by atoms with Crippen LogP contribution in [0.2, 0.25) is 0 Å². The predicted molar refractivity (Wildman–Crippen MR) is 84.0 cm³/mol. The van der Waals surface area contributed by atoms with Gasteiger partial charge in [0.05, 0.1) is 6.33 Å². The Labute approximate surface area is 133 Å². The summed E-state index contributed by atoms with van der Waals surface area (Å²) in [6.07, 6.45) is 1.49. The van der Waals surface area contributed by atoms with E-state index < -0.39 is 12.0 Å². The SMILES string of the molecule is CN1CCN(C(=O)c2[nH]cnc2-c2ccccc2)CC1C(=O)O. The van der Waals surface area contributed by atoms with E-state index in [1.807, 2.05) is 30.3 Å². The molecule has 2 heterocycles. The van der Waals surface area contributed by atoms with Crippen LogP contribution in [0.1, 0.15) is 10.5 Å². The maximum absolute atomic E-state index is 12.8. The molecular weight excluding hydrogens is 296 g/mol. The van der Waals surface area contributed by atoms with Crippen molar-refractivity contribution >= 4 is 11.9 Å². The molecule has 0 bridgehead atoms. The van der Waals surface area contributed by atoms with Crippen molar-refractivity contribution in [1.29, 1.82) is 0 Å². The molecule has 1 saturated heterocycles. The number of H-pyrrole nitrogens is 1. The Hall–Kier alpha value is -2.67. The molecular formula is C16H18N4O3. The summed E-state index contributed by atoms with van der Waals surface area (Å²) in [5.41, 5.74) is 1.83. The average Bonchev–Trinajstić information content (AvgIpc) is 3.04. The number of amides is 1. The number of nitrogens with zero attached hydrogens (tertiary/aromatic N) is 3. The molecule has 7 heteroatoms. The highest BCUT2D eigenvalue weighted by Crippen LogP contribution is 2.22. The lowest BCUT2D eigenvalue weighted by Gasteiger charge is -2.37. The van der Waals surface area contributed by atoms with Crippen LogP contribution in [-0.4, -0.2) is 69.5 Å². The molecule has 0 spiro atoms. The fraction of sp³-hybridized carbons (Fsp3) is 0.312. The molecule has 0 aliphatic carbocycles. The minimum Gasteiger partial charge on any atom is -0.480 e. The van der Waals surface area contributed by atoms with E-state index in [0.29, 0.717) is 24.5 Å². The first-order valence-corrected chi connectivity index (χ1v) is 7.39. The lowest BCUT2D eigenvalue weighted by Crippen LogP contribution is -2.56. The molecule has 1 fully saturated rings. The van der Waals surface area contributed by atoms with E-state index in [0.717, 1.165) is 5.56 Å². The van der Waals surface area contributed by atoms with Crippen LogP contribution >= 0.6 is 0 Å². The molecule has 7 nitrogen and oxygen atoms in total. The monoisotopic (exact) mass is 314 g/mol. The van der Waals surface area contributed by atoms with Gasteiger partial charge in [-0.2, -0.15) is 0 Å². The van der Waals surface area contributed by atoms with Gasteiger partial charge >= 0.3 is 5.97 Å². The molecule has 1 atom stereocenters. The van der Waals surface area contributed by atoms with Crippen LogP contribution in [0.15, 0.2) is 36.7 Å². The van der Waals surface area contributed by atoms with Crippen molar-refractivity contribution in [1.82, 2.24) is 19.8 Å². The van der Waals surface area contributed by atoms with E-state index in [1.54, 1.807) is 16.8 Å². The van der Waals surface area contributed by atoms with Gasteiger partial charge in [-0.05, 0) is 7.05 Å². The predicted octanol–water partition coefficient (Wildman–Crippen LogP) is 0.917. The number of nitrogens with one attached hydrogen (secondary N) is 1. The van der Waals surface area contributed by atoms with Gasteiger partial charge < -0.3 is 15.0 Å². The lowest BCUT2D eigenvalue weighted by atomic mass is 10.1. The van der Waals surface area contributed by atoms with Crippen molar-refractivity contribution in [2.45, 2.75) is 6.04 Å². The summed E-state index contributed by atoms with van der Waals surface area (Å²) in [6, 6.07) is 8.75. The van der Waals surface area contributed by atoms with Crippen molar-refractivity contribution in [3.05, 3.63) is 42.4 Å². The topological polar surface area (TPSA) is 89.5 Å². The number of hydrogen-bond donors (Lipinski definition) is 2. The quantitative estimate of drug-likeness (QED) is 0.879. The number of carbonyl (C=O) groups excluding carboxylic acids is 1. The standard InChI is InChI=1S/C16H18N4O3/c1-19-7-8-20(9-12(19)16(22)23)15(21)14-13(17-10-18-14)11-5-3-2-4-6-11/h2-6,10,12H,7-9H2,1H3,(H,17,18)(H,22,23). The summed E-state index contributed by atoms with van der Waals surface area (Å²) < 4.78 is 0. The minimum atomic E-state index is -0.919. The van der Waals surface area contributed by atoms with Crippen LogP contribution in [-0.2, 0) is 4.79 Å². The van der Waals surface area contributed by atoms with Crippen molar-refractivity contribution < 1.29 is 14.7 Å². The van der Waals surface area contributed by atoms with Crippen LogP contribution in [0.4, 0.5) is 0 Å². The number of carboxylic acids is 1. The molecule has 2 N–H and O–H groups in total. The van der Waals surface area contributed by atoms with Gasteiger partial charge in [-0.3, -0.25) is 14.5 Å². The van der Waals surface area contributed by atoms with Crippen LogP contribution in [0.25, 0.3) is 11.3 Å². The zero-order valence-electron chi connectivity index (χ0n) is 12.8. The fourth-order valence-corrected chi connectivity index (χ4v) is 2.76. The van der Waals surface area contributed by atoms with E-state index in [9.17, 15) is 14.7 Å². The van der Waals surface area contributed by atoms with Gasteiger partial charge in [0.15, 0.2) is 0 Å². The maximum atomic E-state index is 12.8. The molecule has 120 valence electrons. The van der Waals surface area contributed by atoms with Crippen molar-refractivity contribution in [3.8, 4) is 11.3 Å². The number of carbonyl (C=O) groups is 2. The van der Waals surface area contributed by atoms with Crippen molar-refractivity contribution in [2.75, 3.05) is 26.7 Å². The number of aromatic amines is 1. The Morgan fingerprint density at radius 3 is 2.70 bits per heavy atom. The molecule has 0 radical (unpaired) electrons. The number of likely N-dealkylation sites (N-methyl/N-ethyl adjacent to an activating group) is 1. The lowest BCUT2D eigenvalue weighted by molar-refractivity contribution is -0.144. The van der Waals surface area contributed by atoms with Crippen LogP contribution in [0, 0.1) is 0 Å². The molecule has 0 saturated carbocycles. The summed E-state index contributed by atoms with van der Waals surface area (Å²) in [6.45, 7) is 1.18. The van der Waals surface area contributed by atoms with Gasteiger partial charge in [0.1, 0.15) is 17.4 Å². The second kappa shape index (κ2) is 6.21. The molecule has 2 aromatic rings. The normalized spacial score (nSPS) is 18.8. The number of aliphatic carboxylic acids is 1. The second-order valence-electron chi connectivity index (χ2n) is 5.58. The Bertz CT molecular complexity index is 713. The highest BCUT2D eigenvalue weighted by molar-refractivity contribution is 5.98. The van der Waals surface area contributed by atoms with Crippen molar-refractivity contribution in [2.24, 2.45) is 0 Å². The van der Waals surface area contributed by atoms with Crippen LogP contribution in [0.3, 0.4) is 0 Å². The second-order valence-corrected chi connectivity index (χ2v) is 5.58. The first-order chi connectivity index (χ1) is 11.1. The maximum Gasteiger partial charge on any atom is 0.322 e. The number of imidazole rings is 1. The average molecular weight is 314 g/mol. The summed E-state index contributed by atoms with van der Waals surface area (Å²) in [7, 11) is 1.76. The summed E-state index contributed by atoms with van der Waals surface area (Å²) in [5, 5.41) is 9.27. The molecule has 3 rings (SSSR count). The zero-order valence-corrected chi connectivity index (χ0v) is 12.8. The van der Waals surface area contributed by atoms with Crippen LogP contribution < -0.4 is 0 Å². The molecule has 1 unspecified atom stereocenters. The molecule has 23 heavy (non-hydrogen) atoms. The largest absolute Gasteiger partial charge is 0.480 e. The summed E-state index contributed by atoms with van der Waals surface area (Å²) in [5.74, 6) is -1.14. The molecule has 1 aromatic heterocycles. The smallest absolute Gasteiger partial charge is 0.322 e. The van der Waals surface area contributed by atoms with E-state index in [-0.39, 0.29) is 12.5 Å². The first kappa shape index (κ1) is 15.2. The number of hydrogen-bond acceptors (Lipinski definition) is 4. The third kappa shape index (κ3) is 2.95. The Morgan fingerprint density at radius 1 is 1.26 bits per heavy atom. The number of benzene rings is 1. The summed E-state index contributed by atoms with van der Waals surface area (Å²) >= 11 is 0. The number of aromatic nitrogens is 2. The van der Waals surface area contributed by atoms with E-state index in [1.165, 1.54) is 6.33 Å². The molecule has 1 aromatic carbocycles. The van der Waals surface area contributed by atoms with Gasteiger partial charge in [0, 0.05) is 25.2 Å². The Kier molecular flexibility index (Phi) is 4.12. The Balaban J connectivity index is 1.85. The van der Waals surface area contributed by atoms with Gasteiger partial charge in [-0.15, -0.1) is 0 Å².